The Hall–Kier alpha value is -2.38. The Bertz CT molecular complexity index is 699. The van der Waals surface area contributed by atoms with Crippen LogP contribution >= 0.6 is 0 Å². The minimum atomic E-state index is -0.631. The summed E-state index contributed by atoms with van der Waals surface area (Å²) in [5.41, 5.74) is 4.43. The van der Waals surface area contributed by atoms with Crippen molar-refractivity contribution in [3.8, 4) is 0 Å². The molecule has 0 aliphatic rings. The molecule has 0 bridgehead atoms. The summed E-state index contributed by atoms with van der Waals surface area (Å²) in [5, 5.41) is 11.1. The fourth-order valence-electron chi connectivity index (χ4n) is 1.49. The average molecular weight is 223 g/mol. The highest BCUT2D eigenvalue weighted by molar-refractivity contribution is 5.82. The van der Waals surface area contributed by atoms with Gasteiger partial charge in [0.15, 0.2) is 5.39 Å². The quantitative estimate of drug-likeness (QED) is 0.404. The minimum Gasteiger partial charge on any atom is -0.740 e. The van der Waals surface area contributed by atoms with E-state index in [9.17, 15) is 14.8 Å². The first kappa shape index (κ1) is 10.1. The molecule has 0 aromatic carbocycles. The van der Waals surface area contributed by atoms with Gasteiger partial charge in [0.2, 0.25) is 17.8 Å². The number of aromatic nitrogens is 4. The van der Waals surface area contributed by atoms with Crippen molar-refractivity contribution in [2.24, 2.45) is 14.1 Å². The van der Waals surface area contributed by atoms with Crippen molar-refractivity contribution in [1.29, 1.82) is 0 Å². The lowest BCUT2D eigenvalue weighted by molar-refractivity contribution is -0.591. The molecule has 8 nitrogen and oxygen atoms in total. The molecule has 0 saturated carbocycles. The van der Waals surface area contributed by atoms with Crippen LogP contribution in [0.5, 0.6) is 0 Å². The first-order valence-corrected chi connectivity index (χ1v) is 4.38. The summed E-state index contributed by atoms with van der Waals surface area (Å²) < 4.78 is 2.32. The van der Waals surface area contributed by atoms with Gasteiger partial charge < -0.3 is 10.9 Å². The minimum absolute atomic E-state index is 0.0536. The van der Waals surface area contributed by atoms with E-state index in [0.717, 1.165) is 15.5 Å². The van der Waals surface area contributed by atoms with Crippen molar-refractivity contribution in [2.45, 2.75) is 0 Å². The number of fused-ring (bicyclic) bond motifs is 1. The lowest BCUT2D eigenvalue weighted by Crippen LogP contribution is -2.41. The van der Waals surface area contributed by atoms with Gasteiger partial charge in [-0.25, -0.2) is 4.79 Å². The lowest BCUT2D eigenvalue weighted by Gasteiger charge is -2.09. The summed E-state index contributed by atoms with van der Waals surface area (Å²) in [6, 6.07) is 0. The standard InChI is InChI=1S/C8H9N5O3/c1-11-6-4(5(9)13(16)3-10-6)7(14)12(2)8(11)15/h3H,9H2,1-2H3. The van der Waals surface area contributed by atoms with Crippen molar-refractivity contribution in [1.82, 2.24) is 14.1 Å². The number of aryl methyl sites for hydroxylation is 1. The smallest absolute Gasteiger partial charge is 0.333 e. The average Bonchev–Trinajstić information content (AvgIpc) is 2.27. The first-order valence-electron chi connectivity index (χ1n) is 4.38. The Morgan fingerprint density at radius 3 is 2.62 bits per heavy atom. The number of hydrogen-bond donors (Lipinski definition) is 1. The Kier molecular flexibility index (Phi) is 1.94. The van der Waals surface area contributed by atoms with Crippen LogP contribution in [0.1, 0.15) is 0 Å². The maximum absolute atomic E-state index is 11.8. The van der Waals surface area contributed by atoms with Crippen LogP contribution in [-0.2, 0) is 14.1 Å². The zero-order valence-electron chi connectivity index (χ0n) is 8.67. The first-order chi connectivity index (χ1) is 7.45. The summed E-state index contributed by atoms with van der Waals surface area (Å²) in [4.78, 5) is 27.0. The molecule has 0 fully saturated rings. The topological polar surface area (TPSA) is 110 Å². The number of nitrogens with two attached hydrogens (primary N) is 1. The van der Waals surface area contributed by atoms with E-state index in [0.29, 0.717) is 0 Å². The van der Waals surface area contributed by atoms with Gasteiger partial charge in [0.25, 0.3) is 5.56 Å². The Morgan fingerprint density at radius 2 is 2.00 bits per heavy atom. The van der Waals surface area contributed by atoms with E-state index in [1.807, 2.05) is 0 Å². The summed E-state index contributed by atoms with van der Waals surface area (Å²) in [7, 11) is 2.76. The van der Waals surface area contributed by atoms with Gasteiger partial charge in [0.1, 0.15) is 0 Å². The second-order valence-corrected chi connectivity index (χ2v) is 3.36. The van der Waals surface area contributed by atoms with E-state index in [4.69, 9.17) is 5.73 Å². The predicted octanol–water partition coefficient (Wildman–Crippen LogP) is -2.15. The molecule has 2 aromatic rings. The molecule has 2 rings (SSSR count). The number of hydrogen-bond acceptors (Lipinski definition) is 5. The molecule has 2 heterocycles. The molecular weight excluding hydrogens is 214 g/mol. The fourth-order valence-corrected chi connectivity index (χ4v) is 1.49. The molecular formula is C8H9N5O3. The van der Waals surface area contributed by atoms with E-state index in [2.05, 4.69) is 4.98 Å². The Labute approximate surface area is 88.8 Å². The van der Waals surface area contributed by atoms with Gasteiger partial charge in [-0.05, 0) is 0 Å². The van der Waals surface area contributed by atoms with Crippen molar-refractivity contribution in [3.63, 3.8) is 0 Å². The number of nitrogens with zero attached hydrogens (tertiary/aromatic N) is 4. The van der Waals surface area contributed by atoms with Crippen LogP contribution in [-0.4, -0.2) is 14.1 Å². The van der Waals surface area contributed by atoms with Crippen molar-refractivity contribution in [2.75, 3.05) is 5.73 Å². The fraction of sp³-hybridized carbons (Fsp3) is 0.250. The third-order valence-corrected chi connectivity index (χ3v) is 2.41. The van der Waals surface area contributed by atoms with Crippen molar-refractivity contribution >= 4 is 16.9 Å². The van der Waals surface area contributed by atoms with Gasteiger partial charge in [0, 0.05) is 14.1 Å². The van der Waals surface area contributed by atoms with Gasteiger partial charge in [-0.3, -0.25) is 18.7 Å². The molecule has 0 amide bonds. The molecule has 8 heteroatoms. The molecule has 2 aromatic heterocycles. The molecule has 0 unspecified atom stereocenters. The van der Waals surface area contributed by atoms with E-state index < -0.39 is 11.2 Å². The van der Waals surface area contributed by atoms with Crippen LogP contribution in [0.3, 0.4) is 0 Å². The van der Waals surface area contributed by atoms with Crippen LogP contribution in [0.25, 0.3) is 11.0 Å². The normalized spacial score (nSPS) is 10.9. The van der Waals surface area contributed by atoms with Crippen molar-refractivity contribution < 1.29 is 4.73 Å². The third-order valence-electron chi connectivity index (χ3n) is 2.41. The maximum Gasteiger partial charge on any atom is 0.333 e. The second-order valence-electron chi connectivity index (χ2n) is 3.36. The second kappa shape index (κ2) is 3.05. The monoisotopic (exact) mass is 223 g/mol. The predicted molar refractivity (Wildman–Crippen MR) is 55.6 cm³/mol. The summed E-state index contributed by atoms with van der Waals surface area (Å²) in [6.45, 7) is 0. The van der Waals surface area contributed by atoms with Gasteiger partial charge in [-0.2, -0.15) is 0 Å². The molecule has 16 heavy (non-hydrogen) atoms. The van der Waals surface area contributed by atoms with E-state index in [-0.39, 0.29) is 21.6 Å². The van der Waals surface area contributed by atoms with Crippen molar-refractivity contribution in [3.05, 3.63) is 32.4 Å². The zero-order valence-corrected chi connectivity index (χ0v) is 8.67. The van der Waals surface area contributed by atoms with Gasteiger partial charge in [0.05, 0.1) is 0 Å². The van der Waals surface area contributed by atoms with Crippen LogP contribution in [0, 0.1) is 5.21 Å². The largest absolute Gasteiger partial charge is 0.740 e. The number of anilines is 1. The molecule has 0 aliphatic carbocycles. The van der Waals surface area contributed by atoms with Crippen LogP contribution in [0.2, 0.25) is 0 Å². The summed E-state index contributed by atoms with van der Waals surface area (Å²) in [6.07, 6.45) is 0.913. The lowest BCUT2D eigenvalue weighted by atomic mass is 10.3. The molecule has 2 N–H and O–H groups in total. The zero-order chi connectivity index (χ0) is 12.0. The molecule has 0 saturated heterocycles. The molecule has 0 aliphatic heterocycles. The SMILES string of the molecule is Cn1c(=O)c2c(N)[n+]([O-])cnc2n(C)c1=O. The molecule has 0 atom stereocenters. The number of rotatable bonds is 0. The third kappa shape index (κ3) is 1.09. The highest BCUT2D eigenvalue weighted by Gasteiger charge is 2.17. The van der Waals surface area contributed by atoms with Crippen LogP contribution < -0.4 is 21.7 Å². The molecule has 0 radical (unpaired) electrons. The summed E-state index contributed by atoms with van der Waals surface area (Å²) in [5.74, 6) is -0.263. The van der Waals surface area contributed by atoms with E-state index in [1.54, 1.807) is 0 Å². The molecule has 84 valence electrons. The maximum atomic E-state index is 11.8. The van der Waals surface area contributed by atoms with Crippen LogP contribution in [0.4, 0.5) is 5.82 Å². The van der Waals surface area contributed by atoms with Gasteiger partial charge in [-0.15, -0.1) is 0 Å². The van der Waals surface area contributed by atoms with E-state index in [1.165, 1.54) is 14.1 Å². The summed E-state index contributed by atoms with van der Waals surface area (Å²) >= 11 is 0. The highest BCUT2D eigenvalue weighted by Crippen LogP contribution is 2.06. The van der Waals surface area contributed by atoms with Crippen LogP contribution in [0.15, 0.2) is 15.9 Å². The van der Waals surface area contributed by atoms with E-state index >= 15 is 0 Å². The highest BCUT2D eigenvalue weighted by atomic mass is 16.5. The number of nitrogen functional groups attached to an aromatic ring is 1. The van der Waals surface area contributed by atoms with Gasteiger partial charge in [-0.1, -0.05) is 4.98 Å². The Morgan fingerprint density at radius 1 is 1.38 bits per heavy atom. The Balaban J connectivity index is 3.22. The van der Waals surface area contributed by atoms with Gasteiger partial charge >= 0.3 is 5.69 Å². The molecule has 0 spiro atoms.